The SMILES string of the molecule is CN1CC2CN(c3ccc4cc(F)ccc4c3)CC2C1.O=C(O)/C=C\C(=O)O. The number of anilines is 1. The zero-order valence-corrected chi connectivity index (χ0v) is 15.6. The summed E-state index contributed by atoms with van der Waals surface area (Å²) in [6.45, 7) is 4.75. The topological polar surface area (TPSA) is 81.1 Å². The highest BCUT2D eigenvalue weighted by Gasteiger charge is 2.38. The zero-order chi connectivity index (χ0) is 20.3. The number of hydrogen-bond donors (Lipinski definition) is 2. The fraction of sp³-hybridized carbons (Fsp3) is 0.333. The molecule has 2 aromatic rings. The third-order valence-corrected chi connectivity index (χ3v) is 5.19. The van der Waals surface area contributed by atoms with Crippen molar-refractivity contribution in [3.8, 4) is 0 Å². The Morgan fingerprint density at radius 3 is 2.04 bits per heavy atom. The van der Waals surface area contributed by atoms with Crippen LogP contribution in [0, 0.1) is 17.7 Å². The van der Waals surface area contributed by atoms with Crippen LogP contribution in [0.4, 0.5) is 10.1 Å². The molecule has 7 heteroatoms. The summed E-state index contributed by atoms with van der Waals surface area (Å²) in [7, 11) is 2.22. The summed E-state index contributed by atoms with van der Waals surface area (Å²) in [5.41, 5.74) is 1.28. The van der Waals surface area contributed by atoms with Crippen LogP contribution in [-0.4, -0.2) is 60.3 Å². The summed E-state index contributed by atoms with van der Waals surface area (Å²) >= 11 is 0. The molecule has 2 atom stereocenters. The van der Waals surface area contributed by atoms with Crippen LogP contribution in [-0.2, 0) is 9.59 Å². The van der Waals surface area contributed by atoms with E-state index < -0.39 is 11.9 Å². The fourth-order valence-electron chi connectivity index (χ4n) is 3.98. The van der Waals surface area contributed by atoms with Crippen LogP contribution in [0.1, 0.15) is 0 Å². The zero-order valence-electron chi connectivity index (χ0n) is 15.6. The van der Waals surface area contributed by atoms with Crippen LogP contribution in [0.5, 0.6) is 0 Å². The van der Waals surface area contributed by atoms with E-state index in [9.17, 15) is 14.0 Å². The molecule has 0 radical (unpaired) electrons. The highest BCUT2D eigenvalue weighted by atomic mass is 19.1. The first-order chi connectivity index (χ1) is 13.3. The number of rotatable bonds is 3. The number of benzene rings is 2. The number of carboxylic acids is 2. The first kappa shape index (κ1) is 19.8. The van der Waals surface area contributed by atoms with E-state index in [4.69, 9.17) is 10.2 Å². The van der Waals surface area contributed by atoms with Gasteiger partial charge in [-0.15, -0.1) is 0 Å². The molecule has 0 aromatic heterocycles. The van der Waals surface area contributed by atoms with E-state index >= 15 is 0 Å². The van der Waals surface area contributed by atoms with Gasteiger partial charge in [0, 0.05) is 44.0 Å². The van der Waals surface area contributed by atoms with Crippen LogP contribution in [0.15, 0.2) is 48.6 Å². The maximum Gasteiger partial charge on any atom is 0.328 e. The molecule has 0 aliphatic carbocycles. The number of carboxylic acid groups (broad SMARTS) is 2. The lowest BCUT2D eigenvalue weighted by Crippen LogP contribution is -2.26. The molecule has 2 aromatic carbocycles. The average Bonchev–Trinajstić information content (AvgIpc) is 3.17. The molecule has 2 unspecified atom stereocenters. The molecular weight excluding hydrogens is 363 g/mol. The predicted octanol–water partition coefficient (Wildman–Crippen LogP) is 2.69. The number of carbonyl (C=O) groups is 2. The van der Waals surface area contributed by atoms with Gasteiger partial charge in [0.25, 0.3) is 0 Å². The second kappa shape index (κ2) is 8.39. The van der Waals surface area contributed by atoms with Gasteiger partial charge in [-0.05, 0) is 53.9 Å². The van der Waals surface area contributed by atoms with Crippen molar-refractivity contribution in [2.45, 2.75) is 0 Å². The van der Waals surface area contributed by atoms with Gasteiger partial charge in [0.15, 0.2) is 0 Å². The van der Waals surface area contributed by atoms with Gasteiger partial charge >= 0.3 is 11.9 Å². The van der Waals surface area contributed by atoms with E-state index in [2.05, 4.69) is 29.0 Å². The number of likely N-dealkylation sites (tertiary alicyclic amines) is 1. The predicted molar refractivity (Wildman–Crippen MR) is 105 cm³/mol. The van der Waals surface area contributed by atoms with E-state index in [1.54, 1.807) is 12.1 Å². The van der Waals surface area contributed by atoms with Gasteiger partial charge in [0.2, 0.25) is 0 Å². The highest BCUT2D eigenvalue weighted by Crippen LogP contribution is 2.34. The van der Waals surface area contributed by atoms with Crippen molar-refractivity contribution in [3.05, 3.63) is 54.4 Å². The second-order valence-electron chi connectivity index (χ2n) is 7.33. The molecule has 148 valence electrons. The first-order valence-corrected chi connectivity index (χ1v) is 9.08. The monoisotopic (exact) mass is 386 g/mol. The maximum atomic E-state index is 13.2. The Labute approximate surface area is 162 Å². The summed E-state index contributed by atoms with van der Waals surface area (Å²) in [6.07, 6.45) is 1.12. The van der Waals surface area contributed by atoms with Gasteiger partial charge < -0.3 is 20.0 Å². The molecule has 4 rings (SSSR count). The largest absolute Gasteiger partial charge is 0.478 e. The minimum atomic E-state index is -1.26. The Bertz CT molecular complexity index is 884. The van der Waals surface area contributed by atoms with Crippen LogP contribution in [0.25, 0.3) is 10.8 Å². The lowest BCUT2D eigenvalue weighted by Gasteiger charge is -2.21. The molecule has 0 amide bonds. The summed E-state index contributed by atoms with van der Waals surface area (Å²) in [6, 6.07) is 11.4. The molecule has 2 N–H and O–H groups in total. The summed E-state index contributed by atoms with van der Waals surface area (Å²) in [4.78, 5) is 24.0. The highest BCUT2D eigenvalue weighted by molar-refractivity contribution is 5.89. The standard InChI is InChI=1S/C17H19FN2.C4H4O4/c1-19-8-14-10-20(11-15(14)9-19)17-5-3-12-6-16(18)4-2-13(12)7-17;5-3(6)1-2-4(7)8/h2-7,14-15H,8-11H2,1H3;1-2H,(H,5,6)(H,7,8)/b;2-1-. The molecule has 0 saturated carbocycles. The van der Waals surface area contributed by atoms with E-state index in [-0.39, 0.29) is 5.82 Å². The van der Waals surface area contributed by atoms with Gasteiger partial charge in [-0.25, -0.2) is 14.0 Å². The quantitative estimate of drug-likeness (QED) is 0.790. The fourth-order valence-corrected chi connectivity index (χ4v) is 3.98. The number of aliphatic carboxylic acids is 2. The van der Waals surface area contributed by atoms with Gasteiger partial charge in [0.05, 0.1) is 0 Å². The molecular formula is C21H23FN2O4. The summed E-state index contributed by atoms with van der Waals surface area (Å²) in [5.74, 6) is -1.06. The van der Waals surface area contributed by atoms with Crippen molar-refractivity contribution in [3.63, 3.8) is 0 Å². The summed E-state index contributed by atoms with van der Waals surface area (Å²) < 4.78 is 13.2. The van der Waals surface area contributed by atoms with Crippen molar-refractivity contribution in [1.82, 2.24) is 4.90 Å². The van der Waals surface area contributed by atoms with Crippen LogP contribution >= 0.6 is 0 Å². The van der Waals surface area contributed by atoms with Gasteiger partial charge in [-0.3, -0.25) is 0 Å². The van der Waals surface area contributed by atoms with Gasteiger partial charge in [-0.1, -0.05) is 12.1 Å². The minimum Gasteiger partial charge on any atom is -0.478 e. The molecule has 0 bridgehead atoms. The lowest BCUT2D eigenvalue weighted by molar-refractivity contribution is -0.134. The molecule has 6 nitrogen and oxygen atoms in total. The first-order valence-electron chi connectivity index (χ1n) is 9.08. The van der Waals surface area contributed by atoms with Crippen molar-refractivity contribution in [2.75, 3.05) is 38.1 Å². The second-order valence-corrected chi connectivity index (χ2v) is 7.33. The van der Waals surface area contributed by atoms with Crippen molar-refractivity contribution in [1.29, 1.82) is 0 Å². The smallest absolute Gasteiger partial charge is 0.328 e. The third kappa shape index (κ3) is 4.86. The van der Waals surface area contributed by atoms with Crippen molar-refractivity contribution >= 4 is 28.4 Å². The van der Waals surface area contributed by atoms with E-state index in [0.717, 1.165) is 35.7 Å². The van der Waals surface area contributed by atoms with Gasteiger partial charge in [-0.2, -0.15) is 0 Å². The summed E-state index contributed by atoms with van der Waals surface area (Å²) in [5, 5.41) is 17.7. The number of hydrogen-bond acceptors (Lipinski definition) is 4. The molecule has 28 heavy (non-hydrogen) atoms. The Morgan fingerprint density at radius 1 is 0.929 bits per heavy atom. The lowest BCUT2D eigenvalue weighted by atomic mass is 10.0. The average molecular weight is 386 g/mol. The normalized spacial score (nSPS) is 21.6. The van der Waals surface area contributed by atoms with Crippen molar-refractivity contribution < 1.29 is 24.2 Å². The van der Waals surface area contributed by atoms with Crippen LogP contribution in [0.2, 0.25) is 0 Å². The Balaban J connectivity index is 0.000000242. The van der Waals surface area contributed by atoms with Crippen LogP contribution in [0.3, 0.4) is 0 Å². The number of halogens is 1. The maximum absolute atomic E-state index is 13.2. The molecule has 2 fully saturated rings. The Morgan fingerprint density at radius 2 is 1.46 bits per heavy atom. The van der Waals surface area contributed by atoms with Crippen molar-refractivity contribution in [2.24, 2.45) is 11.8 Å². The minimum absolute atomic E-state index is 0.163. The molecule has 2 saturated heterocycles. The van der Waals surface area contributed by atoms with Gasteiger partial charge in [0.1, 0.15) is 5.82 Å². The molecule has 2 aliphatic heterocycles. The molecule has 2 heterocycles. The molecule has 2 aliphatic rings. The van der Waals surface area contributed by atoms with E-state index in [1.165, 1.54) is 18.8 Å². The number of nitrogens with zero attached hydrogens (tertiary/aromatic N) is 2. The Hall–Kier alpha value is -2.93. The molecule has 0 spiro atoms. The Kier molecular flexibility index (Phi) is 5.94. The van der Waals surface area contributed by atoms with Crippen LogP contribution < -0.4 is 4.90 Å². The van der Waals surface area contributed by atoms with E-state index in [0.29, 0.717) is 12.2 Å². The number of fused-ring (bicyclic) bond motifs is 2. The third-order valence-electron chi connectivity index (χ3n) is 5.19. The van der Waals surface area contributed by atoms with E-state index in [1.807, 2.05) is 12.1 Å².